The van der Waals surface area contributed by atoms with Crippen LogP contribution >= 0.6 is 0 Å². The minimum absolute atomic E-state index is 0.218. The molecular weight excluding hydrogens is 300 g/mol. The highest BCUT2D eigenvalue weighted by Crippen LogP contribution is 2.19. The molecule has 0 saturated heterocycles. The lowest BCUT2D eigenvalue weighted by atomic mass is 10.2. The van der Waals surface area contributed by atoms with Gasteiger partial charge in [0.2, 0.25) is 10.0 Å². The molecule has 22 heavy (non-hydrogen) atoms. The monoisotopic (exact) mass is 314 g/mol. The van der Waals surface area contributed by atoms with Gasteiger partial charge in [-0.1, -0.05) is 42.5 Å². The van der Waals surface area contributed by atoms with Gasteiger partial charge in [0.15, 0.2) is 6.39 Å². The second kappa shape index (κ2) is 6.13. The molecule has 0 unspecified atom stereocenters. The van der Waals surface area contributed by atoms with Crippen molar-refractivity contribution in [1.29, 1.82) is 0 Å². The molecule has 0 spiro atoms. The maximum absolute atomic E-state index is 12.3. The van der Waals surface area contributed by atoms with Gasteiger partial charge in [-0.25, -0.2) is 18.1 Å². The van der Waals surface area contributed by atoms with Crippen LogP contribution in [-0.4, -0.2) is 13.4 Å². The number of aromatic nitrogens is 1. The summed E-state index contributed by atoms with van der Waals surface area (Å²) in [5.74, 6) is 0. The first-order chi connectivity index (χ1) is 10.6. The van der Waals surface area contributed by atoms with Crippen molar-refractivity contribution in [2.45, 2.75) is 11.4 Å². The molecule has 0 fully saturated rings. The van der Waals surface area contributed by atoms with Crippen LogP contribution in [0.25, 0.3) is 11.3 Å². The SMILES string of the molecule is O=S(=O)(NCc1ccccc1)c1ccc(-c2cocn2)cc1. The van der Waals surface area contributed by atoms with Crippen molar-refractivity contribution >= 4 is 10.0 Å². The molecule has 0 atom stereocenters. The molecule has 0 aliphatic carbocycles. The van der Waals surface area contributed by atoms with Gasteiger partial charge in [0.1, 0.15) is 12.0 Å². The Morgan fingerprint density at radius 1 is 1.00 bits per heavy atom. The topological polar surface area (TPSA) is 72.2 Å². The Bertz CT molecular complexity index is 827. The molecule has 1 aromatic heterocycles. The number of nitrogens with zero attached hydrogens (tertiary/aromatic N) is 1. The number of oxazole rings is 1. The first-order valence-electron chi connectivity index (χ1n) is 6.67. The molecular formula is C16H14N2O3S. The molecule has 3 aromatic rings. The molecule has 0 radical (unpaired) electrons. The zero-order valence-corrected chi connectivity index (χ0v) is 12.5. The van der Waals surface area contributed by atoms with Crippen LogP contribution in [0.4, 0.5) is 0 Å². The Balaban J connectivity index is 1.75. The van der Waals surface area contributed by atoms with E-state index in [9.17, 15) is 8.42 Å². The molecule has 0 aliphatic heterocycles. The average Bonchev–Trinajstić information content (AvgIpc) is 3.09. The maximum atomic E-state index is 12.3. The van der Waals surface area contributed by atoms with Crippen LogP contribution in [-0.2, 0) is 16.6 Å². The minimum atomic E-state index is -3.54. The number of nitrogens with one attached hydrogen (secondary N) is 1. The number of hydrogen-bond donors (Lipinski definition) is 1. The zero-order valence-electron chi connectivity index (χ0n) is 11.6. The predicted octanol–water partition coefficient (Wildman–Crippen LogP) is 2.82. The van der Waals surface area contributed by atoms with Crippen LogP contribution in [0.3, 0.4) is 0 Å². The van der Waals surface area contributed by atoms with Crippen LogP contribution in [0.5, 0.6) is 0 Å². The lowest BCUT2D eigenvalue weighted by molar-refractivity contribution is 0.558. The largest absolute Gasteiger partial charge is 0.451 e. The van der Waals surface area contributed by atoms with Crippen molar-refractivity contribution < 1.29 is 12.8 Å². The highest BCUT2D eigenvalue weighted by Gasteiger charge is 2.14. The van der Waals surface area contributed by atoms with E-state index < -0.39 is 10.0 Å². The van der Waals surface area contributed by atoms with Crippen molar-refractivity contribution in [3.8, 4) is 11.3 Å². The Hall–Kier alpha value is -2.44. The fourth-order valence-corrected chi connectivity index (χ4v) is 3.04. The summed E-state index contributed by atoms with van der Waals surface area (Å²) in [6.45, 7) is 0.258. The molecule has 5 nitrogen and oxygen atoms in total. The van der Waals surface area contributed by atoms with E-state index in [1.807, 2.05) is 30.3 Å². The molecule has 112 valence electrons. The Labute approximate surface area is 128 Å². The third kappa shape index (κ3) is 3.24. The smallest absolute Gasteiger partial charge is 0.240 e. The highest BCUT2D eigenvalue weighted by molar-refractivity contribution is 7.89. The third-order valence-corrected chi connectivity index (χ3v) is 4.62. The second-order valence-corrected chi connectivity index (χ2v) is 6.48. The molecule has 6 heteroatoms. The fraction of sp³-hybridized carbons (Fsp3) is 0.0625. The van der Waals surface area contributed by atoms with E-state index in [4.69, 9.17) is 4.42 Å². The summed E-state index contributed by atoms with van der Waals surface area (Å²) in [7, 11) is -3.54. The van der Waals surface area contributed by atoms with Gasteiger partial charge in [-0.05, 0) is 17.7 Å². The zero-order chi connectivity index (χ0) is 15.4. The Kier molecular flexibility index (Phi) is 4.04. The van der Waals surface area contributed by atoms with Crippen LogP contribution in [0.15, 0.2) is 76.6 Å². The summed E-state index contributed by atoms with van der Waals surface area (Å²) in [5, 5.41) is 0. The molecule has 1 heterocycles. The number of benzene rings is 2. The van der Waals surface area contributed by atoms with Crippen LogP contribution in [0.1, 0.15) is 5.56 Å². The molecule has 0 bridgehead atoms. The first kappa shape index (κ1) is 14.5. The van der Waals surface area contributed by atoms with E-state index >= 15 is 0 Å². The predicted molar refractivity (Wildman–Crippen MR) is 82.4 cm³/mol. The van der Waals surface area contributed by atoms with Crippen LogP contribution in [0.2, 0.25) is 0 Å². The second-order valence-electron chi connectivity index (χ2n) is 4.71. The van der Waals surface area contributed by atoms with Crippen LogP contribution in [0, 0.1) is 0 Å². The van der Waals surface area contributed by atoms with Gasteiger partial charge in [0, 0.05) is 12.1 Å². The molecule has 2 aromatic carbocycles. The number of hydrogen-bond acceptors (Lipinski definition) is 4. The quantitative estimate of drug-likeness (QED) is 0.786. The van der Waals surface area contributed by atoms with Gasteiger partial charge >= 0.3 is 0 Å². The Morgan fingerprint density at radius 2 is 1.73 bits per heavy atom. The number of rotatable bonds is 5. The summed E-state index contributed by atoms with van der Waals surface area (Å²) in [5.41, 5.74) is 2.38. The van der Waals surface area contributed by atoms with E-state index in [1.165, 1.54) is 12.7 Å². The van der Waals surface area contributed by atoms with E-state index in [0.717, 1.165) is 11.1 Å². The Morgan fingerprint density at radius 3 is 2.36 bits per heavy atom. The van der Waals surface area contributed by atoms with Crippen molar-refractivity contribution in [2.24, 2.45) is 0 Å². The van der Waals surface area contributed by atoms with Crippen LogP contribution < -0.4 is 4.72 Å². The van der Waals surface area contributed by atoms with Gasteiger partial charge in [0.25, 0.3) is 0 Å². The van der Waals surface area contributed by atoms with Crippen molar-refractivity contribution in [3.05, 3.63) is 72.8 Å². The minimum Gasteiger partial charge on any atom is -0.451 e. The standard InChI is InChI=1S/C16H14N2O3S/c19-22(20,18-10-13-4-2-1-3-5-13)15-8-6-14(7-9-15)16-11-21-12-17-16/h1-9,11-12,18H,10H2. The van der Waals surface area contributed by atoms with Gasteiger partial charge in [-0.3, -0.25) is 0 Å². The third-order valence-electron chi connectivity index (χ3n) is 3.20. The summed E-state index contributed by atoms with van der Waals surface area (Å²) in [6, 6.07) is 15.9. The van der Waals surface area contributed by atoms with E-state index in [2.05, 4.69) is 9.71 Å². The summed E-state index contributed by atoms with van der Waals surface area (Å²) < 4.78 is 32.0. The lowest BCUT2D eigenvalue weighted by Gasteiger charge is -2.07. The van der Waals surface area contributed by atoms with Gasteiger partial charge < -0.3 is 4.42 Å². The molecule has 0 amide bonds. The summed E-state index contributed by atoms with van der Waals surface area (Å²) in [6.07, 6.45) is 2.85. The molecule has 0 aliphatic rings. The maximum Gasteiger partial charge on any atom is 0.240 e. The van der Waals surface area contributed by atoms with E-state index in [0.29, 0.717) is 5.69 Å². The fourth-order valence-electron chi connectivity index (χ4n) is 2.02. The summed E-state index contributed by atoms with van der Waals surface area (Å²) in [4.78, 5) is 4.24. The normalized spacial score (nSPS) is 11.5. The van der Waals surface area contributed by atoms with Crippen molar-refractivity contribution in [2.75, 3.05) is 0 Å². The first-order valence-corrected chi connectivity index (χ1v) is 8.16. The van der Waals surface area contributed by atoms with E-state index in [-0.39, 0.29) is 11.4 Å². The molecule has 0 saturated carbocycles. The van der Waals surface area contributed by atoms with Gasteiger partial charge in [-0.15, -0.1) is 0 Å². The highest BCUT2D eigenvalue weighted by atomic mass is 32.2. The van der Waals surface area contributed by atoms with Crippen molar-refractivity contribution in [3.63, 3.8) is 0 Å². The molecule has 3 rings (SSSR count). The van der Waals surface area contributed by atoms with E-state index in [1.54, 1.807) is 24.3 Å². The number of sulfonamides is 1. The average molecular weight is 314 g/mol. The van der Waals surface area contributed by atoms with Gasteiger partial charge in [0.05, 0.1) is 4.90 Å². The lowest BCUT2D eigenvalue weighted by Crippen LogP contribution is -2.23. The summed E-state index contributed by atoms with van der Waals surface area (Å²) >= 11 is 0. The molecule has 1 N–H and O–H groups in total. The van der Waals surface area contributed by atoms with Crippen molar-refractivity contribution in [1.82, 2.24) is 9.71 Å². The van der Waals surface area contributed by atoms with Gasteiger partial charge in [-0.2, -0.15) is 0 Å².